The van der Waals surface area contributed by atoms with Crippen LogP contribution < -0.4 is 9.62 Å². The minimum atomic E-state index is -3.75. The maximum Gasteiger partial charge on any atom is 0.244 e. The van der Waals surface area contributed by atoms with E-state index in [0.717, 1.165) is 41.8 Å². The van der Waals surface area contributed by atoms with Crippen molar-refractivity contribution < 1.29 is 18.0 Å². The molecule has 0 saturated heterocycles. The lowest BCUT2D eigenvalue weighted by molar-refractivity contribution is -0.139. The van der Waals surface area contributed by atoms with Crippen molar-refractivity contribution in [1.82, 2.24) is 10.2 Å². The Hall–Kier alpha value is -2.39. The van der Waals surface area contributed by atoms with Gasteiger partial charge in [0.05, 0.1) is 11.9 Å². The number of nitrogens with one attached hydrogen (secondary N) is 1. The van der Waals surface area contributed by atoms with Crippen molar-refractivity contribution in [2.75, 3.05) is 17.1 Å². The SMILES string of the molecule is C[C@H](C(=O)NC1CCCC1)N(Cc1ccccc1)C(=O)CN(c1ccccc1Br)S(C)(=O)=O. The van der Waals surface area contributed by atoms with Crippen molar-refractivity contribution in [1.29, 1.82) is 0 Å². The standard InChI is InChI=1S/C24H30BrN3O4S/c1-18(24(30)26-20-12-6-7-13-20)27(16-19-10-4-3-5-11-19)23(29)17-28(33(2,31)32)22-15-9-8-14-21(22)25/h3-5,8-11,14-15,18,20H,6-7,12-13,16-17H2,1-2H3,(H,26,30)/t18-/m1/s1. The average Bonchev–Trinajstić information content (AvgIpc) is 3.29. The van der Waals surface area contributed by atoms with Crippen LogP contribution in [0.5, 0.6) is 0 Å². The zero-order chi connectivity index (χ0) is 24.0. The van der Waals surface area contributed by atoms with Crippen LogP contribution in [0.3, 0.4) is 0 Å². The molecule has 1 fully saturated rings. The first kappa shape index (κ1) is 25.2. The molecule has 2 amide bonds. The molecule has 1 atom stereocenters. The minimum absolute atomic E-state index is 0.126. The highest BCUT2D eigenvalue weighted by atomic mass is 79.9. The van der Waals surface area contributed by atoms with Gasteiger partial charge in [0.15, 0.2) is 0 Å². The average molecular weight is 536 g/mol. The molecule has 3 rings (SSSR count). The molecule has 0 spiro atoms. The van der Waals surface area contributed by atoms with Gasteiger partial charge in [-0.15, -0.1) is 0 Å². The highest BCUT2D eigenvalue weighted by Gasteiger charge is 2.31. The second-order valence-electron chi connectivity index (χ2n) is 8.39. The van der Waals surface area contributed by atoms with Crippen LogP contribution in [-0.2, 0) is 26.2 Å². The summed E-state index contributed by atoms with van der Waals surface area (Å²) in [5, 5.41) is 3.05. The van der Waals surface area contributed by atoms with Gasteiger partial charge in [-0.05, 0) is 53.4 Å². The van der Waals surface area contributed by atoms with E-state index in [1.54, 1.807) is 31.2 Å². The van der Waals surface area contributed by atoms with Crippen LogP contribution in [0.2, 0.25) is 0 Å². The molecule has 0 radical (unpaired) electrons. The van der Waals surface area contributed by atoms with Crippen LogP contribution in [-0.4, -0.2) is 50.0 Å². The zero-order valence-corrected chi connectivity index (χ0v) is 21.3. The van der Waals surface area contributed by atoms with Crippen molar-refractivity contribution in [3.8, 4) is 0 Å². The van der Waals surface area contributed by atoms with E-state index in [4.69, 9.17) is 0 Å². The highest BCUT2D eigenvalue weighted by molar-refractivity contribution is 9.10. The number of sulfonamides is 1. The van der Waals surface area contributed by atoms with Crippen LogP contribution in [0.15, 0.2) is 59.1 Å². The Morgan fingerprint density at radius 1 is 1.06 bits per heavy atom. The number of rotatable bonds is 9. The Bertz CT molecular complexity index is 1070. The van der Waals surface area contributed by atoms with Crippen molar-refractivity contribution in [3.05, 3.63) is 64.6 Å². The molecule has 9 heteroatoms. The van der Waals surface area contributed by atoms with Crippen LogP contribution in [0.25, 0.3) is 0 Å². The third-order valence-corrected chi connectivity index (χ3v) is 7.66. The molecule has 0 unspecified atom stereocenters. The predicted octanol–water partition coefficient (Wildman–Crippen LogP) is 3.69. The lowest BCUT2D eigenvalue weighted by Crippen LogP contribution is -2.52. The molecule has 0 aromatic heterocycles. The maximum atomic E-state index is 13.5. The summed E-state index contributed by atoms with van der Waals surface area (Å²) in [6, 6.07) is 15.6. The van der Waals surface area contributed by atoms with Gasteiger partial charge in [0, 0.05) is 17.1 Å². The Kier molecular flexibility index (Phi) is 8.53. The molecular formula is C24H30BrN3O4S. The van der Waals surface area contributed by atoms with Crippen molar-refractivity contribution in [3.63, 3.8) is 0 Å². The van der Waals surface area contributed by atoms with Crippen molar-refractivity contribution >= 4 is 43.5 Å². The van der Waals surface area contributed by atoms with Crippen LogP contribution in [0.1, 0.15) is 38.2 Å². The molecule has 1 aliphatic rings. The third kappa shape index (κ3) is 6.80. The van der Waals surface area contributed by atoms with E-state index in [1.807, 2.05) is 30.3 Å². The Labute approximate surface area is 204 Å². The lowest BCUT2D eigenvalue weighted by atomic mass is 10.1. The van der Waals surface area contributed by atoms with E-state index >= 15 is 0 Å². The number of para-hydroxylation sites is 1. The van der Waals surface area contributed by atoms with Gasteiger partial charge in [0.25, 0.3) is 0 Å². The number of hydrogen-bond acceptors (Lipinski definition) is 4. The quantitative estimate of drug-likeness (QED) is 0.530. The topological polar surface area (TPSA) is 86.8 Å². The second kappa shape index (κ2) is 11.2. The van der Waals surface area contributed by atoms with E-state index in [-0.39, 0.29) is 18.5 Å². The van der Waals surface area contributed by atoms with Gasteiger partial charge in [-0.3, -0.25) is 13.9 Å². The summed E-state index contributed by atoms with van der Waals surface area (Å²) in [7, 11) is -3.75. The van der Waals surface area contributed by atoms with E-state index in [1.165, 1.54) is 4.90 Å². The predicted molar refractivity (Wildman–Crippen MR) is 133 cm³/mol. The summed E-state index contributed by atoms with van der Waals surface area (Å²) < 4.78 is 26.8. The maximum absolute atomic E-state index is 13.5. The summed E-state index contributed by atoms with van der Waals surface area (Å²) in [4.78, 5) is 27.9. The normalized spacial score (nSPS) is 15.1. The summed E-state index contributed by atoms with van der Waals surface area (Å²) in [5.41, 5.74) is 1.23. The molecule has 2 aromatic rings. The molecule has 0 aliphatic heterocycles. The summed E-state index contributed by atoms with van der Waals surface area (Å²) >= 11 is 3.38. The van der Waals surface area contributed by atoms with Gasteiger partial charge in [0.1, 0.15) is 12.6 Å². The van der Waals surface area contributed by atoms with Crippen LogP contribution >= 0.6 is 15.9 Å². The third-order valence-electron chi connectivity index (χ3n) is 5.86. The van der Waals surface area contributed by atoms with E-state index in [9.17, 15) is 18.0 Å². The first-order valence-electron chi connectivity index (χ1n) is 11.0. The van der Waals surface area contributed by atoms with Gasteiger partial charge in [-0.1, -0.05) is 55.3 Å². The van der Waals surface area contributed by atoms with Gasteiger partial charge in [-0.25, -0.2) is 8.42 Å². The van der Waals surface area contributed by atoms with Crippen molar-refractivity contribution in [2.24, 2.45) is 0 Å². The zero-order valence-electron chi connectivity index (χ0n) is 18.9. The number of carbonyl (C=O) groups excluding carboxylic acids is 2. The minimum Gasteiger partial charge on any atom is -0.352 e. The van der Waals surface area contributed by atoms with Crippen LogP contribution in [0.4, 0.5) is 5.69 Å². The molecule has 178 valence electrons. The lowest BCUT2D eigenvalue weighted by Gasteiger charge is -2.32. The summed E-state index contributed by atoms with van der Waals surface area (Å²) in [5.74, 6) is -0.674. The Morgan fingerprint density at radius 2 is 1.67 bits per heavy atom. The van der Waals surface area contributed by atoms with Crippen molar-refractivity contribution in [2.45, 2.75) is 51.2 Å². The number of benzene rings is 2. The largest absolute Gasteiger partial charge is 0.352 e. The first-order valence-corrected chi connectivity index (χ1v) is 13.7. The molecule has 0 bridgehead atoms. The monoisotopic (exact) mass is 535 g/mol. The van der Waals surface area contributed by atoms with Gasteiger partial charge in [0.2, 0.25) is 21.8 Å². The number of halogens is 1. The molecule has 1 saturated carbocycles. The molecule has 33 heavy (non-hydrogen) atoms. The van der Waals surface area contributed by atoms with Crippen LogP contribution in [0, 0.1) is 0 Å². The molecular weight excluding hydrogens is 506 g/mol. The molecule has 2 aromatic carbocycles. The molecule has 0 heterocycles. The van der Waals surface area contributed by atoms with E-state index in [2.05, 4.69) is 21.2 Å². The number of amides is 2. The smallest absolute Gasteiger partial charge is 0.244 e. The summed E-state index contributed by atoms with van der Waals surface area (Å²) in [6.07, 6.45) is 5.12. The fourth-order valence-electron chi connectivity index (χ4n) is 4.00. The molecule has 7 nitrogen and oxygen atoms in total. The highest BCUT2D eigenvalue weighted by Crippen LogP contribution is 2.28. The number of nitrogens with zero attached hydrogens (tertiary/aromatic N) is 2. The van der Waals surface area contributed by atoms with E-state index < -0.39 is 28.5 Å². The number of carbonyl (C=O) groups is 2. The fourth-order valence-corrected chi connectivity index (χ4v) is 5.48. The first-order chi connectivity index (χ1) is 15.7. The summed E-state index contributed by atoms with van der Waals surface area (Å²) in [6.45, 7) is 1.48. The fraction of sp³-hybridized carbons (Fsp3) is 0.417. The van der Waals surface area contributed by atoms with Gasteiger partial charge in [-0.2, -0.15) is 0 Å². The second-order valence-corrected chi connectivity index (χ2v) is 11.2. The number of hydrogen-bond donors (Lipinski definition) is 1. The van der Waals surface area contributed by atoms with E-state index in [0.29, 0.717) is 10.2 Å². The molecule has 1 N–H and O–H groups in total. The molecule has 1 aliphatic carbocycles. The van der Waals surface area contributed by atoms with Gasteiger partial charge < -0.3 is 10.2 Å². The Morgan fingerprint density at radius 3 is 2.27 bits per heavy atom. The Balaban J connectivity index is 1.86. The van der Waals surface area contributed by atoms with Gasteiger partial charge >= 0.3 is 0 Å². The number of anilines is 1.